The number of carbonyl (C=O) groups excluding carboxylic acids is 2. The van der Waals surface area contributed by atoms with Crippen LogP contribution in [0.25, 0.3) is 0 Å². The molecule has 1 amide bonds. The van der Waals surface area contributed by atoms with Gasteiger partial charge in [-0.1, -0.05) is 22.9 Å². The zero-order chi connectivity index (χ0) is 20.9. The second-order valence-electron chi connectivity index (χ2n) is 6.29. The monoisotopic (exact) mass is 409 g/mol. The minimum absolute atomic E-state index is 0.0493. The van der Waals surface area contributed by atoms with Crippen LogP contribution in [-0.4, -0.2) is 38.1 Å². The van der Waals surface area contributed by atoms with Crippen LogP contribution in [0.3, 0.4) is 0 Å². The number of hydrogen-bond donors (Lipinski definition) is 2. The summed E-state index contributed by atoms with van der Waals surface area (Å²) in [5, 5.41) is 6.23. The molecule has 1 atom stereocenters. The van der Waals surface area contributed by atoms with Crippen molar-refractivity contribution >= 4 is 27.6 Å². The fourth-order valence-corrected chi connectivity index (χ4v) is 3.77. The lowest BCUT2D eigenvalue weighted by Crippen LogP contribution is -2.32. The maximum absolute atomic E-state index is 12.2. The third kappa shape index (κ3) is 5.64. The van der Waals surface area contributed by atoms with E-state index in [0.717, 1.165) is 5.56 Å². The van der Waals surface area contributed by atoms with Crippen molar-refractivity contribution in [2.75, 3.05) is 11.9 Å². The van der Waals surface area contributed by atoms with Gasteiger partial charge in [-0.2, -0.15) is 0 Å². The first kappa shape index (κ1) is 21.6. The summed E-state index contributed by atoms with van der Waals surface area (Å²) in [5.74, 6) is -1.02. The van der Waals surface area contributed by atoms with Crippen molar-refractivity contribution in [3.8, 4) is 0 Å². The van der Waals surface area contributed by atoms with Crippen LogP contribution < -0.4 is 10.0 Å². The SMILES string of the molecule is Cc1ccc(NC(=O)[C@@H](C)OC(=O)CCNS(=O)(=O)c2c(C)noc2C)cc1. The van der Waals surface area contributed by atoms with Gasteiger partial charge in [-0.15, -0.1) is 0 Å². The van der Waals surface area contributed by atoms with E-state index in [2.05, 4.69) is 15.2 Å². The van der Waals surface area contributed by atoms with E-state index < -0.39 is 28.0 Å². The van der Waals surface area contributed by atoms with Crippen molar-refractivity contribution < 1.29 is 27.3 Å². The number of hydrogen-bond acceptors (Lipinski definition) is 7. The molecule has 2 rings (SSSR count). The first-order chi connectivity index (χ1) is 13.1. The molecule has 0 saturated carbocycles. The number of nitrogens with zero attached hydrogens (tertiary/aromatic N) is 1. The molecular weight excluding hydrogens is 386 g/mol. The lowest BCUT2D eigenvalue weighted by atomic mass is 10.2. The first-order valence-corrected chi connectivity index (χ1v) is 10.1. The summed E-state index contributed by atoms with van der Waals surface area (Å²) in [7, 11) is -3.86. The summed E-state index contributed by atoms with van der Waals surface area (Å²) in [6, 6.07) is 7.17. The highest BCUT2D eigenvalue weighted by molar-refractivity contribution is 7.89. The van der Waals surface area contributed by atoms with E-state index in [1.807, 2.05) is 19.1 Å². The average Bonchev–Trinajstić information content (AvgIpc) is 2.96. The zero-order valence-electron chi connectivity index (χ0n) is 16.1. The van der Waals surface area contributed by atoms with Gasteiger partial charge in [0.25, 0.3) is 5.91 Å². The molecule has 2 N–H and O–H groups in total. The predicted octanol–water partition coefficient (Wildman–Crippen LogP) is 1.84. The van der Waals surface area contributed by atoms with Crippen LogP contribution in [-0.2, 0) is 24.3 Å². The smallest absolute Gasteiger partial charge is 0.307 e. The van der Waals surface area contributed by atoms with E-state index >= 15 is 0 Å². The van der Waals surface area contributed by atoms with E-state index in [-0.39, 0.29) is 29.3 Å². The van der Waals surface area contributed by atoms with Gasteiger partial charge in [0.05, 0.1) is 6.42 Å². The average molecular weight is 409 g/mol. The van der Waals surface area contributed by atoms with Crippen molar-refractivity contribution in [2.45, 2.75) is 45.1 Å². The number of anilines is 1. The molecule has 0 aliphatic carbocycles. The number of nitrogens with one attached hydrogen (secondary N) is 2. The van der Waals surface area contributed by atoms with Crippen LogP contribution in [0.15, 0.2) is 33.7 Å². The van der Waals surface area contributed by atoms with Gasteiger partial charge in [-0.3, -0.25) is 9.59 Å². The topological polar surface area (TPSA) is 128 Å². The van der Waals surface area contributed by atoms with E-state index in [1.165, 1.54) is 20.8 Å². The Morgan fingerprint density at radius 3 is 2.39 bits per heavy atom. The summed E-state index contributed by atoms with van der Waals surface area (Å²) >= 11 is 0. The molecule has 0 fully saturated rings. The number of esters is 1. The molecule has 10 heteroatoms. The molecule has 2 aromatic rings. The zero-order valence-corrected chi connectivity index (χ0v) is 16.9. The fourth-order valence-electron chi connectivity index (χ4n) is 2.41. The Morgan fingerprint density at radius 1 is 1.18 bits per heavy atom. The van der Waals surface area contributed by atoms with Crippen molar-refractivity contribution in [3.05, 3.63) is 41.3 Å². The number of rotatable bonds is 8. The predicted molar refractivity (Wildman–Crippen MR) is 101 cm³/mol. The minimum Gasteiger partial charge on any atom is -0.452 e. The maximum Gasteiger partial charge on any atom is 0.307 e. The molecule has 1 heterocycles. The van der Waals surface area contributed by atoms with Crippen LogP contribution in [0, 0.1) is 20.8 Å². The molecular formula is C18H23N3O6S. The Labute approximate surface area is 163 Å². The molecule has 0 bridgehead atoms. The summed E-state index contributed by atoms with van der Waals surface area (Å²) in [6.07, 6.45) is -1.25. The Balaban J connectivity index is 1.81. The van der Waals surface area contributed by atoms with Gasteiger partial charge in [-0.05, 0) is 39.8 Å². The number of benzene rings is 1. The lowest BCUT2D eigenvalue weighted by molar-refractivity contribution is -0.152. The van der Waals surface area contributed by atoms with Crippen molar-refractivity contribution in [1.82, 2.24) is 9.88 Å². The van der Waals surface area contributed by atoms with Crippen LogP contribution in [0.5, 0.6) is 0 Å². The Morgan fingerprint density at radius 2 is 1.82 bits per heavy atom. The molecule has 1 aromatic heterocycles. The van der Waals surface area contributed by atoms with Gasteiger partial charge in [0.1, 0.15) is 10.6 Å². The van der Waals surface area contributed by atoms with Gasteiger partial charge in [-0.25, -0.2) is 13.1 Å². The van der Waals surface area contributed by atoms with E-state index in [1.54, 1.807) is 12.1 Å². The van der Waals surface area contributed by atoms with Crippen LogP contribution in [0.1, 0.15) is 30.4 Å². The standard InChI is InChI=1S/C18H23N3O6S/c1-11-5-7-15(8-6-11)20-18(23)14(4)26-16(22)9-10-19-28(24,25)17-12(2)21-27-13(17)3/h5-8,14,19H,9-10H2,1-4H3,(H,20,23)/t14-/m1/s1. The fraction of sp³-hybridized carbons (Fsp3) is 0.389. The second-order valence-corrected chi connectivity index (χ2v) is 7.99. The number of aryl methyl sites for hydroxylation is 3. The van der Waals surface area contributed by atoms with Crippen molar-refractivity contribution in [2.24, 2.45) is 0 Å². The van der Waals surface area contributed by atoms with Gasteiger partial charge >= 0.3 is 5.97 Å². The molecule has 1 aromatic carbocycles. The molecule has 9 nitrogen and oxygen atoms in total. The van der Waals surface area contributed by atoms with E-state index in [4.69, 9.17) is 9.26 Å². The Kier molecular flexibility index (Phi) is 6.92. The summed E-state index contributed by atoms with van der Waals surface area (Å²) in [6.45, 7) is 6.17. The molecule has 0 radical (unpaired) electrons. The normalized spacial score (nSPS) is 12.4. The highest BCUT2D eigenvalue weighted by Crippen LogP contribution is 2.18. The molecule has 0 unspecified atom stereocenters. The molecule has 0 saturated heterocycles. The Bertz CT molecular complexity index is 931. The van der Waals surface area contributed by atoms with Crippen molar-refractivity contribution in [1.29, 1.82) is 0 Å². The largest absolute Gasteiger partial charge is 0.452 e. The number of amides is 1. The third-order valence-corrected chi connectivity index (χ3v) is 5.56. The highest BCUT2D eigenvalue weighted by Gasteiger charge is 2.24. The summed E-state index contributed by atoms with van der Waals surface area (Å²) in [4.78, 5) is 23.9. The second kappa shape index (κ2) is 8.98. The van der Waals surface area contributed by atoms with Gasteiger partial charge in [0, 0.05) is 12.2 Å². The molecule has 0 spiro atoms. The molecule has 28 heavy (non-hydrogen) atoms. The van der Waals surface area contributed by atoms with E-state index in [9.17, 15) is 18.0 Å². The van der Waals surface area contributed by atoms with Gasteiger partial charge in [0.15, 0.2) is 11.9 Å². The van der Waals surface area contributed by atoms with Gasteiger partial charge in [0.2, 0.25) is 10.0 Å². The van der Waals surface area contributed by atoms with Crippen LogP contribution >= 0.6 is 0 Å². The lowest BCUT2D eigenvalue weighted by Gasteiger charge is -2.14. The maximum atomic E-state index is 12.2. The number of aromatic nitrogens is 1. The quantitative estimate of drug-likeness (QED) is 0.637. The minimum atomic E-state index is -3.86. The summed E-state index contributed by atoms with van der Waals surface area (Å²) < 4.78 is 36.7. The number of carbonyl (C=O) groups is 2. The van der Waals surface area contributed by atoms with Crippen molar-refractivity contribution in [3.63, 3.8) is 0 Å². The van der Waals surface area contributed by atoms with Crippen LogP contribution in [0.4, 0.5) is 5.69 Å². The number of ether oxygens (including phenoxy) is 1. The number of sulfonamides is 1. The molecule has 0 aliphatic rings. The van der Waals surface area contributed by atoms with Gasteiger partial charge < -0.3 is 14.6 Å². The third-order valence-electron chi connectivity index (χ3n) is 3.85. The molecule has 0 aliphatic heterocycles. The van der Waals surface area contributed by atoms with Crippen LogP contribution in [0.2, 0.25) is 0 Å². The molecule has 152 valence electrons. The summed E-state index contributed by atoms with van der Waals surface area (Å²) in [5.41, 5.74) is 1.87. The Hall–Kier alpha value is -2.72. The highest BCUT2D eigenvalue weighted by atomic mass is 32.2. The first-order valence-electron chi connectivity index (χ1n) is 8.59. The van der Waals surface area contributed by atoms with E-state index in [0.29, 0.717) is 5.69 Å².